The Bertz CT molecular complexity index is 586. The average molecular weight is 325 g/mol. The first-order chi connectivity index (χ1) is 11.1. The number of hydrogen-bond acceptors (Lipinski definition) is 7. The number of nitrogens with one attached hydrogen (secondary N) is 1. The molecule has 0 radical (unpaired) electrons. The van der Waals surface area contributed by atoms with E-state index in [1.54, 1.807) is 0 Å². The molecule has 0 aliphatic carbocycles. The summed E-state index contributed by atoms with van der Waals surface area (Å²) < 4.78 is 15.3. The highest BCUT2D eigenvalue weighted by Gasteiger charge is 2.23. The molecule has 0 atom stereocenters. The standard InChI is InChI=1S/C14H19N3O6/c1-21-12-8-11(17(19)20)13(22-2)7-10(12)14(18)15-9-16-3-5-23-6-4-16/h7-8H,3-6,9H2,1-2H3,(H,15,18). The molecular weight excluding hydrogens is 306 g/mol. The molecule has 1 aromatic rings. The van der Waals surface area contributed by atoms with Crippen molar-refractivity contribution < 1.29 is 23.9 Å². The smallest absolute Gasteiger partial charge is 0.314 e. The number of rotatable bonds is 6. The zero-order chi connectivity index (χ0) is 16.8. The molecule has 0 bridgehead atoms. The fourth-order valence-corrected chi connectivity index (χ4v) is 2.24. The molecule has 1 N–H and O–H groups in total. The molecule has 23 heavy (non-hydrogen) atoms. The van der Waals surface area contributed by atoms with Gasteiger partial charge in [-0.3, -0.25) is 19.8 Å². The molecule has 1 aliphatic rings. The molecule has 1 heterocycles. The lowest BCUT2D eigenvalue weighted by atomic mass is 10.1. The highest BCUT2D eigenvalue weighted by molar-refractivity contribution is 5.98. The molecule has 1 amide bonds. The van der Waals surface area contributed by atoms with Crippen molar-refractivity contribution >= 4 is 11.6 Å². The molecule has 1 saturated heterocycles. The minimum absolute atomic E-state index is 0.00678. The number of methoxy groups -OCH3 is 2. The van der Waals surface area contributed by atoms with Crippen LogP contribution in [-0.2, 0) is 4.74 Å². The van der Waals surface area contributed by atoms with Crippen molar-refractivity contribution in [2.75, 3.05) is 47.2 Å². The van der Waals surface area contributed by atoms with Crippen molar-refractivity contribution in [1.29, 1.82) is 0 Å². The second-order valence-corrected chi connectivity index (χ2v) is 4.88. The van der Waals surface area contributed by atoms with E-state index in [0.717, 1.165) is 13.1 Å². The number of hydrogen-bond donors (Lipinski definition) is 1. The Morgan fingerprint density at radius 3 is 2.52 bits per heavy atom. The van der Waals surface area contributed by atoms with Crippen molar-refractivity contribution in [3.05, 3.63) is 27.8 Å². The van der Waals surface area contributed by atoms with Gasteiger partial charge in [0.1, 0.15) is 5.75 Å². The molecular formula is C14H19N3O6. The Labute approximate surface area is 133 Å². The minimum atomic E-state index is -0.587. The van der Waals surface area contributed by atoms with Crippen LogP contribution in [0.4, 0.5) is 5.69 Å². The van der Waals surface area contributed by atoms with Crippen LogP contribution in [0.1, 0.15) is 10.4 Å². The van der Waals surface area contributed by atoms with E-state index in [-0.39, 0.29) is 28.7 Å². The monoisotopic (exact) mass is 325 g/mol. The third-order valence-electron chi connectivity index (χ3n) is 3.51. The van der Waals surface area contributed by atoms with Crippen LogP contribution in [-0.4, -0.2) is 62.9 Å². The first kappa shape index (κ1) is 17.0. The van der Waals surface area contributed by atoms with Crippen LogP contribution in [0.3, 0.4) is 0 Å². The van der Waals surface area contributed by atoms with Gasteiger partial charge in [0.15, 0.2) is 5.75 Å². The lowest BCUT2D eigenvalue weighted by Crippen LogP contribution is -2.43. The third kappa shape index (κ3) is 4.08. The molecule has 0 aromatic heterocycles. The van der Waals surface area contributed by atoms with Crippen LogP contribution in [0.5, 0.6) is 11.5 Å². The van der Waals surface area contributed by atoms with Crippen LogP contribution in [0.15, 0.2) is 12.1 Å². The summed E-state index contributed by atoms with van der Waals surface area (Å²) in [5.41, 5.74) is -0.0720. The molecule has 0 saturated carbocycles. The van der Waals surface area contributed by atoms with Crippen LogP contribution in [0.25, 0.3) is 0 Å². The third-order valence-corrected chi connectivity index (χ3v) is 3.51. The van der Waals surface area contributed by atoms with Crippen LogP contribution in [0.2, 0.25) is 0 Å². The number of morpholine rings is 1. The lowest BCUT2D eigenvalue weighted by molar-refractivity contribution is -0.385. The van der Waals surface area contributed by atoms with Crippen molar-refractivity contribution in [2.45, 2.75) is 0 Å². The lowest BCUT2D eigenvalue weighted by Gasteiger charge is -2.26. The van der Waals surface area contributed by atoms with Gasteiger partial charge in [-0.1, -0.05) is 0 Å². The number of benzene rings is 1. The normalized spacial score (nSPS) is 15.0. The van der Waals surface area contributed by atoms with Gasteiger partial charge < -0.3 is 19.5 Å². The van der Waals surface area contributed by atoms with Crippen molar-refractivity contribution in [1.82, 2.24) is 10.2 Å². The van der Waals surface area contributed by atoms with Gasteiger partial charge in [0.2, 0.25) is 0 Å². The Balaban J connectivity index is 2.16. The molecule has 9 heteroatoms. The van der Waals surface area contributed by atoms with Crippen molar-refractivity contribution in [3.8, 4) is 11.5 Å². The highest BCUT2D eigenvalue weighted by Crippen LogP contribution is 2.34. The maximum absolute atomic E-state index is 12.3. The van der Waals surface area contributed by atoms with Gasteiger partial charge in [-0.25, -0.2) is 0 Å². The van der Waals surface area contributed by atoms with Crippen molar-refractivity contribution in [2.24, 2.45) is 0 Å². The first-order valence-electron chi connectivity index (χ1n) is 7.05. The molecule has 0 spiro atoms. The summed E-state index contributed by atoms with van der Waals surface area (Å²) in [5.74, 6) is -0.258. The summed E-state index contributed by atoms with van der Waals surface area (Å²) >= 11 is 0. The maximum Gasteiger partial charge on any atom is 0.314 e. The van der Waals surface area contributed by atoms with E-state index in [4.69, 9.17) is 14.2 Å². The van der Waals surface area contributed by atoms with E-state index in [1.165, 1.54) is 26.4 Å². The van der Waals surface area contributed by atoms with Gasteiger partial charge in [0.25, 0.3) is 5.91 Å². The summed E-state index contributed by atoms with van der Waals surface area (Å²) in [6.45, 7) is 3.10. The van der Waals surface area contributed by atoms with E-state index in [1.807, 2.05) is 4.90 Å². The minimum Gasteiger partial charge on any atom is -0.496 e. The predicted octanol–water partition coefficient (Wildman–Crippen LogP) is 0.631. The van der Waals surface area contributed by atoms with E-state index < -0.39 is 4.92 Å². The van der Waals surface area contributed by atoms with Gasteiger partial charge >= 0.3 is 5.69 Å². The van der Waals surface area contributed by atoms with E-state index in [9.17, 15) is 14.9 Å². The fourth-order valence-electron chi connectivity index (χ4n) is 2.24. The summed E-state index contributed by atoms with van der Waals surface area (Å²) in [4.78, 5) is 24.8. The molecule has 9 nitrogen and oxygen atoms in total. The predicted molar refractivity (Wildman–Crippen MR) is 80.9 cm³/mol. The largest absolute Gasteiger partial charge is 0.496 e. The number of carbonyl (C=O) groups excluding carboxylic acids is 1. The Hall–Kier alpha value is -2.39. The van der Waals surface area contributed by atoms with Gasteiger partial charge in [0, 0.05) is 19.2 Å². The van der Waals surface area contributed by atoms with E-state index in [2.05, 4.69) is 5.32 Å². The average Bonchev–Trinajstić information content (AvgIpc) is 2.59. The van der Waals surface area contributed by atoms with Gasteiger partial charge in [0.05, 0.1) is 50.7 Å². The number of nitro groups is 1. The van der Waals surface area contributed by atoms with Crippen molar-refractivity contribution in [3.63, 3.8) is 0 Å². The summed E-state index contributed by atoms with van der Waals surface area (Å²) in [5, 5.41) is 13.8. The molecule has 0 unspecified atom stereocenters. The first-order valence-corrected chi connectivity index (χ1v) is 7.05. The zero-order valence-electron chi connectivity index (χ0n) is 13.0. The van der Waals surface area contributed by atoms with Crippen LogP contribution < -0.4 is 14.8 Å². The van der Waals surface area contributed by atoms with Gasteiger partial charge in [-0.15, -0.1) is 0 Å². The zero-order valence-corrected chi connectivity index (χ0v) is 13.0. The number of nitrogens with zero attached hydrogens (tertiary/aromatic N) is 2. The second kappa shape index (κ2) is 7.75. The van der Waals surface area contributed by atoms with Crippen LogP contribution in [0, 0.1) is 10.1 Å². The number of amides is 1. The van der Waals surface area contributed by atoms with Gasteiger partial charge in [-0.2, -0.15) is 0 Å². The molecule has 1 aliphatic heterocycles. The summed E-state index contributed by atoms with van der Waals surface area (Å²) in [7, 11) is 2.66. The SMILES string of the molecule is COc1cc([N+](=O)[O-])c(OC)cc1C(=O)NCN1CCOCC1. The van der Waals surface area contributed by atoms with E-state index >= 15 is 0 Å². The topological polar surface area (TPSA) is 103 Å². The van der Waals surface area contributed by atoms with Crippen LogP contribution >= 0.6 is 0 Å². The number of carbonyl (C=O) groups is 1. The Kier molecular flexibility index (Phi) is 5.72. The Morgan fingerprint density at radius 1 is 1.30 bits per heavy atom. The highest BCUT2D eigenvalue weighted by atomic mass is 16.6. The molecule has 1 aromatic carbocycles. The maximum atomic E-state index is 12.3. The number of nitro benzene ring substituents is 1. The second-order valence-electron chi connectivity index (χ2n) is 4.88. The summed E-state index contributed by atoms with van der Waals surface area (Å²) in [6.07, 6.45) is 0. The summed E-state index contributed by atoms with van der Waals surface area (Å²) in [6, 6.07) is 2.49. The quantitative estimate of drug-likeness (QED) is 0.604. The van der Waals surface area contributed by atoms with E-state index in [0.29, 0.717) is 19.9 Å². The Morgan fingerprint density at radius 2 is 1.96 bits per heavy atom. The fraction of sp³-hybridized carbons (Fsp3) is 0.500. The molecule has 2 rings (SSSR count). The molecule has 1 fully saturated rings. The van der Waals surface area contributed by atoms with Gasteiger partial charge in [-0.05, 0) is 0 Å². The number of ether oxygens (including phenoxy) is 3. The molecule has 126 valence electrons.